The summed E-state index contributed by atoms with van der Waals surface area (Å²) in [7, 11) is 0. The first-order chi connectivity index (χ1) is 47.6. The molecule has 16 aromatic rings. The summed E-state index contributed by atoms with van der Waals surface area (Å²) in [6.07, 6.45) is 9.32. The van der Waals surface area contributed by atoms with Crippen LogP contribution < -0.4 is 0 Å². The summed E-state index contributed by atoms with van der Waals surface area (Å²) in [4.78, 5) is 0. The van der Waals surface area contributed by atoms with Gasteiger partial charge < -0.3 is 9.13 Å². The van der Waals surface area contributed by atoms with E-state index >= 15 is 0 Å². The van der Waals surface area contributed by atoms with Gasteiger partial charge in [0.05, 0.1) is 27.5 Å². The molecule has 97 heavy (non-hydrogen) atoms. The molecule has 4 aliphatic carbocycles. The predicted octanol–water partition coefficient (Wildman–Crippen LogP) is 24.5. The highest BCUT2D eigenvalue weighted by Gasteiger charge is 2.52. The minimum Gasteiger partial charge on any atom is -0.309 e. The Morgan fingerprint density at radius 1 is 0.216 bits per heavy atom. The normalized spacial score (nSPS) is 14.6. The molecule has 2 nitrogen and oxygen atoms in total. The zero-order valence-electron chi connectivity index (χ0n) is 54.6. The highest BCUT2D eigenvalue weighted by molar-refractivity contribution is 6.12. The van der Waals surface area contributed by atoms with Crippen LogP contribution in [0.25, 0.3) is 146 Å². The van der Waals surface area contributed by atoms with Crippen molar-refractivity contribution < 1.29 is 0 Å². The maximum Gasteiger partial charge on any atom is 0.0725 e. The fourth-order valence-corrected chi connectivity index (χ4v) is 17.9. The van der Waals surface area contributed by atoms with E-state index in [0.717, 1.165) is 0 Å². The summed E-state index contributed by atoms with van der Waals surface area (Å²) in [5, 5.41) is 5.07. The van der Waals surface area contributed by atoms with Gasteiger partial charge in [-0.2, -0.15) is 0 Å². The van der Waals surface area contributed by atoms with E-state index in [4.69, 9.17) is 0 Å². The van der Waals surface area contributed by atoms with Crippen LogP contribution in [0.4, 0.5) is 0 Å². The van der Waals surface area contributed by atoms with E-state index in [2.05, 4.69) is 364 Å². The van der Waals surface area contributed by atoms with E-state index < -0.39 is 5.41 Å². The standard InChI is InChI=1S/C95H66N2/c1-93(2)83-51-59(35-43-71(83)73-47-39-65(57-85(73)93)63-41-49-91-79(55-63)77-25-13-17-29-89(77)96(91)67-19-7-5-8-20-67)31-33-61-37-45-75-76-46-38-62(54-88(76)95(87(75)53-61)81-27-15-11-23-69(81)70-24-12-16-28-82(70)95)34-32-60-36-44-72-74-48-40-66(58-86(74)94(3,4)84(72)52-60)64-42-50-92-80(56-64)78-26-14-18-30-90(78)97(92)68-21-9-6-10-22-68/h5-58H,1-4H3/b33-31+,34-32+. The van der Waals surface area contributed by atoms with E-state index in [0.29, 0.717) is 0 Å². The Bertz CT molecular complexity index is 5740. The number of rotatable bonds is 8. The van der Waals surface area contributed by atoms with Crippen LogP contribution in [0.3, 0.4) is 0 Å². The fourth-order valence-electron chi connectivity index (χ4n) is 17.9. The largest absolute Gasteiger partial charge is 0.309 e. The third-order valence-corrected chi connectivity index (χ3v) is 22.5. The Hall–Kier alpha value is -11.8. The first kappa shape index (κ1) is 55.6. The number of fused-ring (bicyclic) bond motifs is 22. The summed E-state index contributed by atoms with van der Waals surface area (Å²) in [6.45, 7) is 9.60. The van der Waals surface area contributed by atoms with Crippen molar-refractivity contribution in [3.63, 3.8) is 0 Å². The monoisotopic (exact) mass is 1230 g/mol. The van der Waals surface area contributed by atoms with Gasteiger partial charge in [-0.15, -0.1) is 0 Å². The molecular weight excluding hydrogens is 1170 g/mol. The van der Waals surface area contributed by atoms with Gasteiger partial charge in [0, 0.05) is 43.7 Å². The van der Waals surface area contributed by atoms with E-state index in [1.54, 1.807) is 0 Å². The van der Waals surface area contributed by atoms with Gasteiger partial charge in [0.25, 0.3) is 0 Å². The first-order valence-electron chi connectivity index (χ1n) is 34.2. The van der Waals surface area contributed by atoms with Crippen molar-refractivity contribution in [3.05, 3.63) is 370 Å². The van der Waals surface area contributed by atoms with Crippen molar-refractivity contribution in [2.24, 2.45) is 0 Å². The lowest BCUT2D eigenvalue weighted by Crippen LogP contribution is -2.26. The van der Waals surface area contributed by atoms with E-state index in [1.165, 1.54) is 189 Å². The molecule has 0 amide bonds. The van der Waals surface area contributed by atoms with Crippen LogP contribution >= 0.6 is 0 Å². The maximum atomic E-state index is 2.49. The number of hydrogen-bond donors (Lipinski definition) is 0. The molecule has 0 saturated heterocycles. The van der Waals surface area contributed by atoms with Crippen LogP contribution in [0, 0.1) is 0 Å². The molecule has 2 aromatic heterocycles. The lowest BCUT2D eigenvalue weighted by atomic mass is 9.70. The van der Waals surface area contributed by atoms with Gasteiger partial charge in [-0.1, -0.05) is 270 Å². The van der Waals surface area contributed by atoms with Crippen molar-refractivity contribution in [3.8, 4) is 78.1 Å². The Labute approximate surface area is 565 Å². The van der Waals surface area contributed by atoms with Crippen LogP contribution in [-0.4, -0.2) is 9.13 Å². The average molecular weight is 1240 g/mol. The second kappa shape index (κ2) is 20.6. The molecule has 0 atom stereocenters. The Morgan fingerprint density at radius 3 is 0.918 bits per heavy atom. The minimum atomic E-state index is -0.490. The number of aromatic nitrogens is 2. The molecule has 2 heterocycles. The molecule has 0 radical (unpaired) electrons. The Morgan fingerprint density at radius 2 is 0.505 bits per heavy atom. The summed E-state index contributed by atoms with van der Waals surface area (Å²) >= 11 is 0. The zero-order valence-corrected chi connectivity index (χ0v) is 54.6. The van der Waals surface area contributed by atoms with Crippen molar-refractivity contribution in [2.75, 3.05) is 0 Å². The molecule has 4 aliphatic rings. The van der Waals surface area contributed by atoms with Crippen LogP contribution in [-0.2, 0) is 16.2 Å². The van der Waals surface area contributed by atoms with Crippen LogP contribution in [0.5, 0.6) is 0 Å². The number of para-hydroxylation sites is 4. The average Bonchev–Trinajstić information content (AvgIpc) is 1.51. The van der Waals surface area contributed by atoms with Crippen molar-refractivity contribution in [2.45, 2.75) is 43.9 Å². The van der Waals surface area contributed by atoms with Gasteiger partial charge in [0.1, 0.15) is 0 Å². The Balaban J connectivity index is 0.605. The summed E-state index contributed by atoms with van der Waals surface area (Å²) in [5.41, 5.74) is 37.4. The first-order valence-corrected chi connectivity index (χ1v) is 34.2. The highest BCUT2D eigenvalue weighted by atomic mass is 15.0. The number of hydrogen-bond acceptors (Lipinski definition) is 0. The molecule has 0 N–H and O–H groups in total. The van der Waals surface area contributed by atoms with Gasteiger partial charge in [0.2, 0.25) is 0 Å². The molecular formula is C95H66N2. The summed E-state index contributed by atoms with van der Waals surface area (Å²) in [6, 6.07) is 114. The van der Waals surface area contributed by atoms with E-state index in [9.17, 15) is 0 Å². The van der Waals surface area contributed by atoms with E-state index in [1.807, 2.05) is 0 Å². The molecule has 456 valence electrons. The summed E-state index contributed by atoms with van der Waals surface area (Å²) < 4.78 is 4.78. The minimum absolute atomic E-state index is 0.191. The van der Waals surface area contributed by atoms with Gasteiger partial charge in [0.15, 0.2) is 0 Å². The molecule has 1 spiro atoms. The highest BCUT2D eigenvalue weighted by Crippen LogP contribution is 2.63. The van der Waals surface area contributed by atoms with Crippen LogP contribution in [0.2, 0.25) is 0 Å². The molecule has 0 aliphatic heterocycles. The van der Waals surface area contributed by atoms with Gasteiger partial charge >= 0.3 is 0 Å². The van der Waals surface area contributed by atoms with Crippen molar-refractivity contribution in [1.29, 1.82) is 0 Å². The third kappa shape index (κ3) is 8.02. The molecule has 0 fully saturated rings. The Kier molecular flexibility index (Phi) is 11.8. The molecule has 0 unspecified atom stereocenters. The quantitative estimate of drug-likeness (QED) is 0.134. The topological polar surface area (TPSA) is 9.86 Å². The molecule has 2 heteroatoms. The van der Waals surface area contributed by atoms with Crippen molar-refractivity contribution in [1.82, 2.24) is 9.13 Å². The van der Waals surface area contributed by atoms with Crippen LogP contribution in [0.15, 0.2) is 303 Å². The lowest BCUT2D eigenvalue weighted by molar-refractivity contribution is 0.660. The lowest BCUT2D eigenvalue weighted by Gasteiger charge is -2.30. The van der Waals surface area contributed by atoms with E-state index in [-0.39, 0.29) is 10.8 Å². The second-order valence-corrected chi connectivity index (χ2v) is 28.3. The fraction of sp³-hybridized carbons (Fsp3) is 0.0737. The van der Waals surface area contributed by atoms with Crippen molar-refractivity contribution >= 4 is 67.9 Å². The molecule has 0 bridgehead atoms. The number of nitrogens with zero attached hydrogens (tertiary/aromatic N) is 2. The molecule has 0 saturated carbocycles. The molecule has 14 aromatic carbocycles. The SMILES string of the molecule is CC1(C)c2cc(/C=C/c3ccc4c(c3)C3(c5ccccc5-c5ccccc53)c3cc(/C=C/c5ccc6c(c5)C(C)(C)c5cc(-c7ccc8c(c7)c7ccccc7n8-c7ccccc7)ccc5-6)ccc3-4)ccc2-c2ccc(-c3ccc4c(c3)c3ccccc3n4-c3ccccc3)cc21. The van der Waals surface area contributed by atoms with Crippen LogP contribution in [0.1, 0.15) is 94.5 Å². The summed E-state index contributed by atoms with van der Waals surface area (Å²) in [5.74, 6) is 0. The van der Waals surface area contributed by atoms with Gasteiger partial charge in [-0.05, 0) is 218 Å². The maximum absolute atomic E-state index is 2.49. The molecule has 20 rings (SSSR count). The second-order valence-electron chi connectivity index (χ2n) is 28.3. The zero-order chi connectivity index (χ0) is 64.5. The van der Waals surface area contributed by atoms with Gasteiger partial charge in [-0.3, -0.25) is 0 Å². The third-order valence-electron chi connectivity index (χ3n) is 22.5. The number of benzene rings is 14. The predicted molar refractivity (Wildman–Crippen MR) is 408 cm³/mol. The smallest absolute Gasteiger partial charge is 0.0725 e. The van der Waals surface area contributed by atoms with Gasteiger partial charge in [-0.25, -0.2) is 0 Å².